The van der Waals surface area contributed by atoms with Crippen molar-refractivity contribution in [3.05, 3.63) is 47.8 Å². The lowest BCUT2D eigenvalue weighted by Crippen LogP contribution is -2.18. The van der Waals surface area contributed by atoms with Crippen LogP contribution < -0.4 is 14.6 Å². The maximum Gasteiger partial charge on any atom is 0.229 e. The van der Waals surface area contributed by atoms with Gasteiger partial charge in [-0.3, -0.25) is 10.4 Å². The van der Waals surface area contributed by atoms with Gasteiger partial charge in [-0.25, -0.2) is 0 Å². The molecule has 0 saturated heterocycles. The lowest BCUT2D eigenvalue weighted by atomic mass is 9.85. The molecule has 0 atom stereocenters. The minimum atomic E-state index is -1.26. The van der Waals surface area contributed by atoms with Gasteiger partial charge in [0.1, 0.15) is 5.75 Å². The van der Waals surface area contributed by atoms with Crippen LogP contribution in [0, 0.1) is 0 Å². The number of rotatable bonds is 8. The molecule has 2 aromatic rings. The number of aryl methyl sites for hydroxylation is 1. The van der Waals surface area contributed by atoms with Crippen LogP contribution in [0.5, 0.6) is 11.5 Å². The van der Waals surface area contributed by atoms with E-state index in [1.807, 2.05) is 18.3 Å². The second-order valence-corrected chi connectivity index (χ2v) is 10.1. The molecule has 0 aliphatic carbocycles. The molecule has 2 rings (SSSR count). The zero-order valence-corrected chi connectivity index (χ0v) is 19.6. The quantitative estimate of drug-likeness (QED) is 0.361. The van der Waals surface area contributed by atoms with Gasteiger partial charge in [0.15, 0.2) is 5.75 Å². The van der Waals surface area contributed by atoms with Crippen molar-refractivity contribution in [1.29, 1.82) is 0 Å². The number of methoxy groups -OCH3 is 1. The Kier molecular flexibility index (Phi) is 9.48. The second-order valence-electron chi connectivity index (χ2n) is 7.75. The summed E-state index contributed by atoms with van der Waals surface area (Å²) in [5.41, 5.74) is 6.27. The van der Waals surface area contributed by atoms with Gasteiger partial charge >= 0.3 is 0 Å². The van der Waals surface area contributed by atoms with E-state index in [0.717, 1.165) is 35.6 Å². The highest BCUT2D eigenvalue weighted by Crippen LogP contribution is 2.41. The Morgan fingerprint density at radius 1 is 1.11 bits per heavy atom. The first kappa shape index (κ1) is 24.0. The van der Waals surface area contributed by atoms with E-state index in [1.165, 1.54) is 5.56 Å². The number of hydrazone groups is 1. The zero-order chi connectivity index (χ0) is 19.9. The summed E-state index contributed by atoms with van der Waals surface area (Å²) in [6.07, 6.45) is 7.02. The Balaban J connectivity index is 0.00000392. The van der Waals surface area contributed by atoms with Gasteiger partial charge in [0.2, 0.25) is 9.04 Å². The Bertz CT molecular complexity index is 762. The Hall–Kier alpha value is -2.05. The number of nitrogens with one attached hydrogen (secondary N) is 1. The molecule has 1 heterocycles. The molecule has 0 amide bonds. The van der Waals surface area contributed by atoms with E-state index >= 15 is 0 Å². The lowest BCUT2D eigenvalue weighted by molar-refractivity contribution is 0.377. The predicted octanol–water partition coefficient (Wildman–Crippen LogP) is 5.20. The summed E-state index contributed by atoms with van der Waals surface area (Å²) in [6, 6.07) is 8.09. The molecule has 0 radical (unpaired) electrons. The average Bonchev–Trinajstić information content (AvgIpc) is 2.61. The van der Waals surface area contributed by atoms with Crippen LogP contribution in [0.4, 0.5) is 5.69 Å². The van der Waals surface area contributed by atoms with Crippen LogP contribution in [-0.2, 0) is 11.8 Å². The largest absolute Gasteiger partial charge is 0.544 e. The van der Waals surface area contributed by atoms with Crippen LogP contribution in [0.1, 0.15) is 38.3 Å². The normalized spacial score (nSPS) is 11.4. The molecule has 1 N–H and O–H groups in total. The fourth-order valence-electron chi connectivity index (χ4n) is 2.79. The van der Waals surface area contributed by atoms with Crippen molar-refractivity contribution in [3.63, 3.8) is 0 Å². The van der Waals surface area contributed by atoms with E-state index in [4.69, 9.17) is 9.16 Å². The molecule has 0 unspecified atom stereocenters. The summed E-state index contributed by atoms with van der Waals surface area (Å²) in [7, 11) is 0.463. The number of pyridine rings is 1. The summed E-state index contributed by atoms with van der Waals surface area (Å²) < 4.78 is 12.1. The van der Waals surface area contributed by atoms with E-state index in [-0.39, 0.29) is 17.8 Å². The molecule has 7 heteroatoms. The van der Waals surface area contributed by atoms with Crippen LogP contribution in [-0.4, -0.2) is 27.3 Å². The standard InChI is InChI=1S/C21H31N3O2Si.ClH/c1-21(2,3)18-10-9-16(19(20(18)25-4)26-27(5)6)8-7-13-23-24-17-11-14-22-15-12-17;/h9-15,27H,7-8H2,1-6H3,(H,22,24);1H. The molecule has 0 aliphatic rings. The van der Waals surface area contributed by atoms with Crippen molar-refractivity contribution in [2.45, 2.75) is 52.1 Å². The Morgan fingerprint density at radius 2 is 1.79 bits per heavy atom. The van der Waals surface area contributed by atoms with Crippen molar-refractivity contribution in [3.8, 4) is 11.5 Å². The highest BCUT2D eigenvalue weighted by atomic mass is 35.5. The van der Waals surface area contributed by atoms with Crippen molar-refractivity contribution >= 4 is 33.3 Å². The molecule has 0 bridgehead atoms. The number of benzene rings is 1. The summed E-state index contributed by atoms with van der Waals surface area (Å²) in [5, 5.41) is 4.28. The molecule has 28 heavy (non-hydrogen) atoms. The van der Waals surface area contributed by atoms with Gasteiger partial charge in [0.25, 0.3) is 0 Å². The van der Waals surface area contributed by atoms with Gasteiger partial charge < -0.3 is 9.16 Å². The summed E-state index contributed by atoms with van der Waals surface area (Å²) >= 11 is 0. The molecule has 0 saturated carbocycles. The summed E-state index contributed by atoms with van der Waals surface area (Å²) in [4.78, 5) is 3.99. The molecule has 0 fully saturated rings. The van der Waals surface area contributed by atoms with E-state index in [1.54, 1.807) is 19.5 Å². The highest BCUT2D eigenvalue weighted by Gasteiger charge is 2.24. The van der Waals surface area contributed by atoms with Gasteiger partial charge in [-0.2, -0.15) is 5.10 Å². The number of aromatic nitrogens is 1. The molecule has 1 aromatic carbocycles. The van der Waals surface area contributed by atoms with Crippen molar-refractivity contribution in [2.24, 2.45) is 5.10 Å². The first-order valence-electron chi connectivity index (χ1n) is 9.37. The SMILES string of the molecule is COc1c(C(C)(C)C)ccc(CCC=NNc2ccncc2)c1O[SiH](C)C.Cl. The fourth-order valence-corrected chi connectivity index (χ4v) is 3.52. The van der Waals surface area contributed by atoms with Gasteiger partial charge in [0, 0.05) is 24.2 Å². The molecular weight excluding hydrogens is 390 g/mol. The monoisotopic (exact) mass is 421 g/mol. The van der Waals surface area contributed by atoms with Crippen molar-refractivity contribution in [1.82, 2.24) is 4.98 Å². The van der Waals surface area contributed by atoms with Gasteiger partial charge in [-0.15, -0.1) is 12.4 Å². The van der Waals surface area contributed by atoms with Crippen molar-refractivity contribution in [2.75, 3.05) is 12.5 Å². The third-order valence-corrected chi connectivity index (χ3v) is 4.77. The van der Waals surface area contributed by atoms with Crippen LogP contribution in [0.3, 0.4) is 0 Å². The number of hydrogen-bond donors (Lipinski definition) is 1. The van der Waals surface area contributed by atoms with E-state index in [0.29, 0.717) is 0 Å². The first-order chi connectivity index (χ1) is 12.8. The third-order valence-electron chi connectivity index (χ3n) is 4.07. The first-order valence-corrected chi connectivity index (χ1v) is 12.2. The molecule has 154 valence electrons. The van der Waals surface area contributed by atoms with Crippen molar-refractivity contribution < 1.29 is 9.16 Å². The van der Waals surface area contributed by atoms with E-state index < -0.39 is 9.04 Å². The number of halogens is 1. The van der Waals surface area contributed by atoms with Gasteiger partial charge in [-0.05, 0) is 49.0 Å². The van der Waals surface area contributed by atoms with Crippen LogP contribution in [0.25, 0.3) is 0 Å². The Morgan fingerprint density at radius 3 is 2.36 bits per heavy atom. The maximum atomic E-state index is 6.28. The topological polar surface area (TPSA) is 55.7 Å². The molecule has 5 nitrogen and oxygen atoms in total. The molecule has 0 aliphatic heterocycles. The zero-order valence-electron chi connectivity index (χ0n) is 17.7. The fraction of sp³-hybridized carbons (Fsp3) is 0.429. The van der Waals surface area contributed by atoms with Crippen LogP contribution >= 0.6 is 12.4 Å². The summed E-state index contributed by atoms with van der Waals surface area (Å²) in [5.74, 6) is 1.77. The smallest absolute Gasteiger partial charge is 0.229 e. The minimum absolute atomic E-state index is 0. The third kappa shape index (κ3) is 6.84. The Labute approximate surface area is 176 Å². The number of hydrogen-bond acceptors (Lipinski definition) is 5. The lowest BCUT2D eigenvalue weighted by Gasteiger charge is -2.26. The number of anilines is 1. The predicted molar refractivity (Wildman–Crippen MR) is 123 cm³/mol. The van der Waals surface area contributed by atoms with Gasteiger partial charge in [-0.1, -0.05) is 32.9 Å². The van der Waals surface area contributed by atoms with Crippen LogP contribution in [0.15, 0.2) is 41.8 Å². The van der Waals surface area contributed by atoms with E-state index in [9.17, 15) is 0 Å². The second kappa shape index (κ2) is 11.1. The average molecular weight is 422 g/mol. The molecule has 0 spiro atoms. The molecular formula is C21H32ClN3O2Si. The summed E-state index contributed by atoms with van der Waals surface area (Å²) in [6.45, 7) is 10.9. The number of ether oxygens (including phenoxy) is 1. The number of nitrogens with zero attached hydrogens (tertiary/aromatic N) is 2. The maximum absolute atomic E-state index is 6.28. The van der Waals surface area contributed by atoms with Gasteiger partial charge in [0.05, 0.1) is 12.8 Å². The minimum Gasteiger partial charge on any atom is -0.544 e. The molecule has 1 aromatic heterocycles. The van der Waals surface area contributed by atoms with E-state index in [2.05, 4.69) is 61.5 Å². The van der Waals surface area contributed by atoms with Crippen LogP contribution in [0.2, 0.25) is 13.1 Å². The highest BCUT2D eigenvalue weighted by molar-refractivity contribution is 6.49.